The SMILES string of the molecule is CCCCS(=O)(=O)Nc1c[nH]c2c(C(=O)NCc3ccc4c(c3)NC(=O)CO4)ncnc12. The number of unbranched alkanes of at least 4 members (excludes halogenated alkanes) is 1. The molecule has 1 aliphatic heterocycles. The highest BCUT2D eigenvalue weighted by Gasteiger charge is 2.20. The topological polar surface area (TPSA) is 155 Å². The number of aromatic nitrogens is 3. The molecule has 0 saturated carbocycles. The summed E-state index contributed by atoms with van der Waals surface area (Å²) < 4.78 is 32.3. The second-order valence-electron chi connectivity index (χ2n) is 7.27. The molecule has 4 rings (SSSR count). The fourth-order valence-electron chi connectivity index (χ4n) is 3.25. The first-order chi connectivity index (χ1) is 15.4. The minimum Gasteiger partial charge on any atom is -0.482 e. The number of ether oxygens (including phenoxy) is 1. The van der Waals surface area contributed by atoms with E-state index in [0.717, 1.165) is 12.0 Å². The third-order valence-electron chi connectivity index (χ3n) is 4.84. The summed E-state index contributed by atoms with van der Waals surface area (Å²) in [5.74, 6) is -0.133. The second-order valence-corrected chi connectivity index (χ2v) is 9.11. The Morgan fingerprint density at radius 1 is 1.28 bits per heavy atom. The Bertz CT molecular complexity index is 1290. The molecule has 12 heteroatoms. The summed E-state index contributed by atoms with van der Waals surface area (Å²) in [7, 11) is -3.52. The highest BCUT2D eigenvalue weighted by Crippen LogP contribution is 2.28. The Balaban J connectivity index is 1.49. The van der Waals surface area contributed by atoms with Crippen molar-refractivity contribution in [2.75, 3.05) is 22.4 Å². The number of carbonyl (C=O) groups is 2. The molecular weight excluding hydrogens is 436 g/mol. The number of hydrogen-bond acceptors (Lipinski definition) is 7. The second kappa shape index (κ2) is 8.83. The number of carbonyl (C=O) groups excluding carboxylic acids is 2. The molecule has 0 spiro atoms. The molecule has 0 atom stereocenters. The van der Waals surface area contributed by atoms with E-state index < -0.39 is 15.9 Å². The number of sulfonamides is 1. The molecule has 0 radical (unpaired) electrons. The largest absolute Gasteiger partial charge is 0.482 e. The first-order valence-electron chi connectivity index (χ1n) is 10.0. The van der Waals surface area contributed by atoms with Crippen LogP contribution in [0.25, 0.3) is 11.0 Å². The van der Waals surface area contributed by atoms with Crippen molar-refractivity contribution in [1.82, 2.24) is 20.3 Å². The van der Waals surface area contributed by atoms with Gasteiger partial charge in [0.2, 0.25) is 10.0 Å². The van der Waals surface area contributed by atoms with Crippen molar-refractivity contribution >= 4 is 44.2 Å². The first kappa shape index (κ1) is 21.6. The fraction of sp³-hybridized carbons (Fsp3) is 0.300. The van der Waals surface area contributed by atoms with Gasteiger partial charge in [-0.05, 0) is 24.1 Å². The molecular formula is C20H22N6O5S. The minimum atomic E-state index is -3.52. The molecule has 2 aromatic heterocycles. The van der Waals surface area contributed by atoms with Crippen LogP contribution >= 0.6 is 0 Å². The lowest BCUT2D eigenvalue weighted by Gasteiger charge is -2.18. The van der Waals surface area contributed by atoms with Gasteiger partial charge in [0.1, 0.15) is 17.6 Å². The van der Waals surface area contributed by atoms with Gasteiger partial charge in [0.15, 0.2) is 12.3 Å². The monoisotopic (exact) mass is 458 g/mol. The van der Waals surface area contributed by atoms with Gasteiger partial charge in [-0.1, -0.05) is 19.4 Å². The third-order valence-corrected chi connectivity index (χ3v) is 6.20. The van der Waals surface area contributed by atoms with Crippen LogP contribution in [0.3, 0.4) is 0 Å². The van der Waals surface area contributed by atoms with Crippen molar-refractivity contribution in [2.24, 2.45) is 0 Å². The van der Waals surface area contributed by atoms with Gasteiger partial charge in [-0.3, -0.25) is 14.3 Å². The summed E-state index contributed by atoms with van der Waals surface area (Å²) in [5, 5.41) is 5.49. The molecule has 32 heavy (non-hydrogen) atoms. The molecule has 1 aromatic carbocycles. The number of nitrogens with one attached hydrogen (secondary N) is 4. The molecule has 3 aromatic rings. The maximum Gasteiger partial charge on any atom is 0.272 e. The van der Waals surface area contributed by atoms with E-state index in [4.69, 9.17) is 4.74 Å². The quantitative estimate of drug-likeness (QED) is 0.401. The maximum atomic E-state index is 12.8. The third kappa shape index (κ3) is 4.64. The highest BCUT2D eigenvalue weighted by molar-refractivity contribution is 7.92. The summed E-state index contributed by atoms with van der Waals surface area (Å²) in [6, 6.07) is 5.23. The summed E-state index contributed by atoms with van der Waals surface area (Å²) in [6.07, 6.45) is 3.95. The summed E-state index contributed by atoms with van der Waals surface area (Å²) >= 11 is 0. The van der Waals surface area contributed by atoms with Crippen molar-refractivity contribution in [3.8, 4) is 5.75 Å². The Morgan fingerprint density at radius 3 is 2.94 bits per heavy atom. The van der Waals surface area contributed by atoms with Crippen molar-refractivity contribution < 1.29 is 22.7 Å². The fourth-order valence-corrected chi connectivity index (χ4v) is 4.51. The molecule has 0 saturated heterocycles. The number of aromatic amines is 1. The van der Waals surface area contributed by atoms with Gasteiger partial charge < -0.3 is 20.4 Å². The Labute approximate surface area is 184 Å². The molecule has 3 heterocycles. The van der Waals surface area contributed by atoms with Crippen molar-refractivity contribution in [1.29, 1.82) is 0 Å². The number of anilines is 2. The van der Waals surface area contributed by atoms with Gasteiger partial charge in [-0.25, -0.2) is 18.4 Å². The minimum absolute atomic E-state index is 0.000866. The van der Waals surface area contributed by atoms with Gasteiger partial charge in [-0.15, -0.1) is 0 Å². The van der Waals surface area contributed by atoms with E-state index in [1.165, 1.54) is 12.5 Å². The van der Waals surface area contributed by atoms with Gasteiger partial charge in [0, 0.05) is 12.7 Å². The van der Waals surface area contributed by atoms with Gasteiger partial charge in [0.25, 0.3) is 11.8 Å². The van der Waals surface area contributed by atoms with Gasteiger partial charge in [0.05, 0.1) is 22.6 Å². The zero-order valence-electron chi connectivity index (χ0n) is 17.3. The zero-order chi connectivity index (χ0) is 22.7. The zero-order valence-corrected chi connectivity index (χ0v) is 18.1. The van der Waals surface area contributed by atoms with E-state index >= 15 is 0 Å². The predicted molar refractivity (Wildman–Crippen MR) is 118 cm³/mol. The van der Waals surface area contributed by atoms with E-state index in [2.05, 4.69) is 30.3 Å². The van der Waals surface area contributed by atoms with Crippen molar-refractivity contribution in [3.05, 3.63) is 42.0 Å². The van der Waals surface area contributed by atoms with Crippen LogP contribution in [-0.2, 0) is 21.4 Å². The molecule has 168 valence electrons. The van der Waals surface area contributed by atoms with E-state index in [1.54, 1.807) is 18.2 Å². The van der Waals surface area contributed by atoms with Crippen molar-refractivity contribution in [3.63, 3.8) is 0 Å². The molecule has 11 nitrogen and oxygen atoms in total. The van der Waals surface area contributed by atoms with Crippen LogP contribution in [0.5, 0.6) is 5.75 Å². The predicted octanol–water partition coefficient (Wildman–Crippen LogP) is 1.76. The Morgan fingerprint density at radius 2 is 2.12 bits per heavy atom. The molecule has 1 aliphatic rings. The number of benzene rings is 1. The lowest BCUT2D eigenvalue weighted by Crippen LogP contribution is -2.26. The number of nitrogens with zero attached hydrogens (tertiary/aromatic N) is 2. The number of hydrogen-bond donors (Lipinski definition) is 4. The highest BCUT2D eigenvalue weighted by atomic mass is 32.2. The van der Waals surface area contributed by atoms with Crippen LogP contribution in [0, 0.1) is 0 Å². The average molecular weight is 459 g/mol. The molecule has 0 aliphatic carbocycles. The lowest BCUT2D eigenvalue weighted by molar-refractivity contribution is -0.118. The number of rotatable bonds is 8. The van der Waals surface area contributed by atoms with Crippen LogP contribution in [0.4, 0.5) is 11.4 Å². The number of fused-ring (bicyclic) bond motifs is 2. The molecule has 0 unspecified atom stereocenters. The summed E-state index contributed by atoms with van der Waals surface area (Å²) in [6.45, 7) is 2.07. The van der Waals surface area contributed by atoms with Crippen LogP contribution in [0.15, 0.2) is 30.7 Å². The van der Waals surface area contributed by atoms with E-state index in [0.29, 0.717) is 28.9 Å². The van der Waals surface area contributed by atoms with Crippen LogP contribution in [0.1, 0.15) is 35.8 Å². The molecule has 4 N–H and O–H groups in total. The molecule has 0 fully saturated rings. The van der Waals surface area contributed by atoms with E-state index in [-0.39, 0.29) is 36.2 Å². The van der Waals surface area contributed by atoms with Gasteiger partial charge >= 0.3 is 0 Å². The normalized spacial score (nSPS) is 13.2. The van der Waals surface area contributed by atoms with E-state index in [1.807, 2.05) is 6.92 Å². The summed E-state index contributed by atoms with van der Waals surface area (Å²) in [4.78, 5) is 35.3. The number of amides is 2. The first-order valence-corrected chi connectivity index (χ1v) is 11.7. The summed E-state index contributed by atoms with van der Waals surface area (Å²) in [5.41, 5.74) is 2.27. The standard InChI is InChI=1S/C20H22N6O5S/c1-2-3-6-32(29,30)26-14-9-21-18-17(14)23-11-24-19(18)20(28)22-8-12-4-5-15-13(7-12)25-16(27)10-31-15/h4-5,7,9,11,21,26H,2-3,6,8,10H2,1H3,(H,22,28)(H,25,27). The van der Waals surface area contributed by atoms with Crippen LogP contribution in [0.2, 0.25) is 0 Å². The lowest BCUT2D eigenvalue weighted by atomic mass is 10.1. The molecule has 0 bridgehead atoms. The van der Waals surface area contributed by atoms with Crippen LogP contribution in [-0.4, -0.2) is 47.5 Å². The van der Waals surface area contributed by atoms with E-state index in [9.17, 15) is 18.0 Å². The van der Waals surface area contributed by atoms with Gasteiger partial charge in [-0.2, -0.15) is 0 Å². The number of H-pyrrole nitrogens is 1. The Hall–Kier alpha value is -3.67. The molecule has 2 amide bonds. The smallest absolute Gasteiger partial charge is 0.272 e. The van der Waals surface area contributed by atoms with Crippen LogP contribution < -0.4 is 20.1 Å². The average Bonchev–Trinajstić information content (AvgIpc) is 3.18. The maximum absolute atomic E-state index is 12.8. The van der Waals surface area contributed by atoms with Crippen molar-refractivity contribution in [2.45, 2.75) is 26.3 Å². The Kier molecular flexibility index (Phi) is 5.95.